The van der Waals surface area contributed by atoms with Crippen molar-refractivity contribution in [1.29, 1.82) is 0 Å². The minimum absolute atomic E-state index is 0.00463. The molecule has 16 heteroatoms. The average molecular weight is 914 g/mol. The minimum atomic E-state index is -0.645. The van der Waals surface area contributed by atoms with Crippen molar-refractivity contribution in [2.45, 2.75) is 62.9 Å². The lowest BCUT2D eigenvalue weighted by molar-refractivity contribution is -0.112. The van der Waals surface area contributed by atoms with Gasteiger partial charge in [-0.2, -0.15) is 0 Å². The molecule has 3 aliphatic rings. The first-order valence-corrected chi connectivity index (χ1v) is 23.1. The number of aromatic nitrogens is 2. The molecule has 1 atom stereocenters. The number of piperazine rings is 1. The quantitative estimate of drug-likeness (QED) is 0.0660. The first kappa shape index (κ1) is 50.6. The van der Waals surface area contributed by atoms with Crippen LogP contribution in [0.2, 0.25) is 0 Å². The van der Waals surface area contributed by atoms with Crippen LogP contribution in [0, 0.1) is 17.6 Å². The lowest BCUT2D eigenvalue weighted by Crippen LogP contribution is -2.46. The maximum Gasteiger partial charge on any atom is 0.227 e. The Labute approximate surface area is 387 Å². The number of carbonyl (C=O) groups is 3. The fourth-order valence-corrected chi connectivity index (χ4v) is 8.95. The second-order valence-corrected chi connectivity index (χ2v) is 17.8. The van der Waals surface area contributed by atoms with Crippen molar-refractivity contribution in [2.24, 2.45) is 5.92 Å². The van der Waals surface area contributed by atoms with E-state index in [1.54, 1.807) is 30.0 Å². The summed E-state index contributed by atoms with van der Waals surface area (Å²) in [5.74, 6) is -0.264. The molecule has 1 aromatic heterocycles. The normalized spacial score (nSPS) is 16.6. The van der Waals surface area contributed by atoms with Gasteiger partial charge < -0.3 is 49.4 Å². The number of piperidine rings is 1. The number of nitrogens with one attached hydrogen (secondary N) is 2. The molecule has 4 heterocycles. The van der Waals surface area contributed by atoms with Crippen molar-refractivity contribution in [3.63, 3.8) is 0 Å². The van der Waals surface area contributed by atoms with Crippen LogP contribution in [-0.4, -0.2) is 140 Å². The Morgan fingerprint density at radius 1 is 0.985 bits per heavy atom. The Hall–Kier alpha value is -5.42. The number of allylic oxidation sites excluding steroid dienone is 3. The highest BCUT2D eigenvalue weighted by molar-refractivity contribution is 7.97. The second kappa shape index (κ2) is 25.3. The molecule has 6 rings (SSSR count). The van der Waals surface area contributed by atoms with Crippen LogP contribution >= 0.6 is 11.9 Å². The molecule has 2 fully saturated rings. The standard InChI is InChI=1S/C47H58F2N8O4S.C2H7N/c1-33(2)57-24-27-61-46-41(48)28-37(29-44(46)57)45-42(49)30-50-47(52-45)51-38-12-14-40(15-13-38)62-56-22-20-54(21-23-56)31-36-16-18-55(19-17-36)43(11-7-6-8-25-58)34(3)35(4)53(5)39(32-60)10-9-26-59;1-3-2/h6-7,11-15,25-26,28-30,32-33,36,39H,3-4,8-10,16-24,27,31H2,1-2,5H3,(H,50,51,52);3H,1-2H3/b7-6-,43-11+;. The maximum absolute atomic E-state index is 15.2. The molecule has 2 saturated heterocycles. The molecule has 2 N–H and O–H groups in total. The Kier molecular flexibility index (Phi) is 19.7. The number of likely N-dealkylation sites (N-methyl/N-ethyl adjacent to an activating group) is 1. The highest BCUT2D eigenvalue weighted by Gasteiger charge is 2.29. The number of ether oxygens (including phenoxy) is 1. The van der Waals surface area contributed by atoms with Crippen molar-refractivity contribution in [3.8, 4) is 17.0 Å². The monoisotopic (exact) mass is 913 g/mol. The van der Waals surface area contributed by atoms with Gasteiger partial charge in [0.05, 0.1) is 24.5 Å². The van der Waals surface area contributed by atoms with E-state index in [9.17, 15) is 14.4 Å². The molecule has 0 radical (unpaired) electrons. The first-order valence-electron chi connectivity index (χ1n) is 22.3. The summed E-state index contributed by atoms with van der Waals surface area (Å²) in [5, 5.41) is 5.92. The number of fused-ring (bicyclic) bond motifs is 1. The van der Waals surface area contributed by atoms with Crippen LogP contribution in [0.1, 0.15) is 46.0 Å². The average Bonchev–Trinajstić information content (AvgIpc) is 3.31. The number of rotatable bonds is 20. The molecule has 0 saturated carbocycles. The van der Waals surface area contributed by atoms with E-state index in [1.807, 2.05) is 75.3 Å². The zero-order chi connectivity index (χ0) is 46.9. The number of aldehydes is 3. The van der Waals surface area contributed by atoms with Crippen LogP contribution in [0.5, 0.6) is 5.75 Å². The third-order valence-corrected chi connectivity index (χ3v) is 12.7. The van der Waals surface area contributed by atoms with E-state index in [0.29, 0.717) is 54.4 Å². The summed E-state index contributed by atoms with van der Waals surface area (Å²) in [5.41, 5.74) is 3.90. The van der Waals surface area contributed by atoms with Gasteiger partial charge in [0.25, 0.3) is 0 Å². The number of halogens is 2. The second-order valence-electron chi connectivity index (χ2n) is 16.6. The van der Waals surface area contributed by atoms with Crippen LogP contribution in [-0.2, 0) is 14.4 Å². The Balaban J connectivity index is 0.00000257. The highest BCUT2D eigenvalue weighted by Crippen LogP contribution is 2.40. The third kappa shape index (κ3) is 14.0. The molecule has 13 nitrogen and oxygen atoms in total. The summed E-state index contributed by atoms with van der Waals surface area (Å²) < 4.78 is 38.2. The molecular weight excluding hydrogens is 849 g/mol. The van der Waals surface area contributed by atoms with Crippen LogP contribution < -0.4 is 20.3 Å². The van der Waals surface area contributed by atoms with Crippen LogP contribution in [0.15, 0.2) is 95.8 Å². The van der Waals surface area contributed by atoms with Gasteiger partial charge in [0.15, 0.2) is 17.4 Å². The van der Waals surface area contributed by atoms with Gasteiger partial charge in [0.1, 0.15) is 31.2 Å². The lowest BCUT2D eigenvalue weighted by Gasteiger charge is -2.40. The van der Waals surface area contributed by atoms with Crippen molar-refractivity contribution in [2.75, 3.05) is 90.3 Å². The molecule has 0 aliphatic carbocycles. The van der Waals surface area contributed by atoms with Crippen molar-refractivity contribution < 1.29 is 27.9 Å². The Morgan fingerprint density at radius 2 is 1.69 bits per heavy atom. The molecule has 65 heavy (non-hydrogen) atoms. The first-order chi connectivity index (χ1) is 31.4. The van der Waals surface area contributed by atoms with Gasteiger partial charge in [-0.15, -0.1) is 0 Å². The number of hydrogen-bond donors (Lipinski definition) is 2. The number of likely N-dealkylation sites (tertiary alicyclic amines) is 1. The van der Waals surface area contributed by atoms with Crippen molar-refractivity contribution in [3.05, 3.63) is 103 Å². The molecule has 1 unspecified atom stereocenters. The summed E-state index contributed by atoms with van der Waals surface area (Å²) in [6.07, 6.45) is 12.3. The SMILES string of the molecule is C=C(C(=C)N(C)C(C=O)CCC=O)/C(=C\C=C/CC=O)N1CCC(CN2CCN(Sc3ccc(Nc4ncc(F)c(-c5cc(F)c6c(c5)N(C(C)C)CCO6)n4)cc3)CC2)CC1.CNC. The molecular formula is C49H65F2N9O4S. The van der Waals surface area contributed by atoms with Crippen LogP contribution in [0.3, 0.4) is 0 Å². The topological polar surface area (TPSA) is 126 Å². The van der Waals surface area contributed by atoms with E-state index in [0.717, 1.165) is 100.0 Å². The number of nitrogens with zero attached hydrogens (tertiary/aromatic N) is 7. The maximum atomic E-state index is 15.2. The molecule has 3 aromatic rings. The van der Waals surface area contributed by atoms with Gasteiger partial charge in [-0.25, -0.2) is 23.1 Å². The Bertz CT molecular complexity index is 2140. The van der Waals surface area contributed by atoms with Gasteiger partial charge >= 0.3 is 0 Å². The summed E-state index contributed by atoms with van der Waals surface area (Å²) in [6, 6.07) is 10.6. The Morgan fingerprint density at radius 3 is 2.34 bits per heavy atom. The largest absolute Gasteiger partial charge is 0.486 e. The minimum Gasteiger partial charge on any atom is -0.486 e. The van der Waals surface area contributed by atoms with E-state index >= 15 is 8.78 Å². The molecule has 0 spiro atoms. The zero-order valence-electron chi connectivity index (χ0n) is 38.5. The number of anilines is 3. The van der Waals surface area contributed by atoms with E-state index in [4.69, 9.17) is 4.74 Å². The van der Waals surface area contributed by atoms with Crippen LogP contribution in [0.25, 0.3) is 11.3 Å². The van der Waals surface area contributed by atoms with Gasteiger partial charge in [-0.1, -0.05) is 25.3 Å². The van der Waals surface area contributed by atoms with Gasteiger partial charge in [0, 0.05) is 105 Å². The third-order valence-electron chi connectivity index (χ3n) is 11.6. The molecule has 350 valence electrons. The van der Waals surface area contributed by atoms with E-state index in [1.165, 1.54) is 6.07 Å². The number of hydrogen-bond acceptors (Lipinski definition) is 14. The van der Waals surface area contributed by atoms with Crippen molar-refractivity contribution >= 4 is 48.1 Å². The number of carbonyl (C=O) groups excluding carboxylic acids is 3. The highest BCUT2D eigenvalue weighted by atomic mass is 32.2. The summed E-state index contributed by atoms with van der Waals surface area (Å²) in [7, 11) is 5.55. The van der Waals surface area contributed by atoms with Crippen molar-refractivity contribution in [1.82, 2.24) is 34.3 Å². The van der Waals surface area contributed by atoms with Gasteiger partial charge in [0.2, 0.25) is 5.95 Å². The molecule has 0 amide bonds. The van der Waals surface area contributed by atoms with Gasteiger partial charge in [-0.05, 0) is 108 Å². The fourth-order valence-electron chi connectivity index (χ4n) is 8.05. The van der Waals surface area contributed by atoms with Gasteiger partial charge in [-0.3, -0.25) is 0 Å². The van der Waals surface area contributed by atoms with E-state index in [-0.39, 0.29) is 29.9 Å². The summed E-state index contributed by atoms with van der Waals surface area (Å²) in [6.45, 7) is 20.2. The van der Waals surface area contributed by atoms with E-state index in [2.05, 4.69) is 47.9 Å². The molecule has 3 aliphatic heterocycles. The zero-order valence-corrected chi connectivity index (χ0v) is 39.3. The predicted molar refractivity (Wildman–Crippen MR) is 257 cm³/mol. The molecule has 0 bridgehead atoms. The van der Waals surface area contributed by atoms with E-state index < -0.39 is 17.7 Å². The lowest BCUT2D eigenvalue weighted by atomic mass is 9.94. The predicted octanol–water partition coefficient (Wildman–Crippen LogP) is 7.52. The molecule has 2 aromatic carbocycles. The smallest absolute Gasteiger partial charge is 0.227 e. The number of benzene rings is 2. The summed E-state index contributed by atoms with van der Waals surface area (Å²) >= 11 is 1.73. The fraction of sp³-hybridized carbons (Fsp3) is 0.449. The summed E-state index contributed by atoms with van der Waals surface area (Å²) in [4.78, 5) is 52.1. The van der Waals surface area contributed by atoms with Crippen LogP contribution in [0.4, 0.5) is 26.1 Å².